The fourth-order valence-electron chi connectivity index (χ4n) is 3.36. The molecule has 1 aliphatic carbocycles. The Morgan fingerprint density at radius 2 is 1.39 bits per heavy atom. The predicted molar refractivity (Wildman–Crippen MR) is 148 cm³/mol. The summed E-state index contributed by atoms with van der Waals surface area (Å²) in [5.41, 5.74) is 4.77. The summed E-state index contributed by atoms with van der Waals surface area (Å²) in [6.07, 6.45) is 4.19. The van der Waals surface area contributed by atoms with E-state index in [1.54, 1.807) is 19.9 Å². The van der Waals surface area contributed by atoms with Crippen LogP contribution in [0.4, 0.5) is 4.39 Å². The molecule has 0 heterocycles. The quantitative estimate of drug-likeness (QED) is 0.233. The summed E-state index contributed by atoms with van der Waals surface area (Å²) in [5.74, 6) is -1.35. The van der Waals surface area contributed by atoms with Crippen molar-refractivity contribution in [2.75, 3.05) is 20.4 Å². The summed E-state index contributed by atoms with van der Waals surface area (Å²) in [4.78, 5) is 46.5. The maximum absolute atomic E-state index is 12.3. The molecule has 0 spiro atoms. The van der Waals surface area contributed by atoms with Crippen LogP contribution >= 0.6 is 0 Å². The second-order valence-corrected chi connectivity index (χ2v) is 8.07. The fourth-order valence-corrected chi connectivity index (χ4v) is 3.36. The van der Waals surface area contributed by atoms with Crippen molar-refractivity contribution in [1.29, 1.82) is 0 Å². The first-order chi connectivity index (χ1) is 18.7. The van der Waals surface area contributed by atoms with Gasteiger partial charge in [0.25, 0.3) is 0 Å². The SMILES string of the molecule is CCOC(=O)C1=CCC=C(c2ccc(C)cc2)C1=O.CCOC(=O)CC(=O)Cc1ccc(C)cc1.CF.[2H]C. The molecule has 0 radical (unpaired) electrons. The minimum atomic E-state index is -0.537. The molecular formula is C31H39FO6. The zero-order chi connectivity index (χ0) is 29.8. The molecule has 206 valence electrons. The molecule has 0 amide bonds. The van der Waals surface area contributed by atoms with Gasteiger partial charge in [0, 0.05) is 13.4 Å². The lowest BCUT2D eigenvalue weighted by Crippen LogP contribution is -2.19. The van der Waals surface area contributed by atoms with Crippen molar-refractivity contribution >= 4 is 29.1 Å². The Morgan fingerprint density at radius 3 is 1.92 bits per heavy atom. The third-order valence-electron chi connectivity index (χ3n) is 5.16. The van der Waals surface area contributed by atoms with Crippen LogP contribution in [0.2, 0.25) is 0 Å². The summed E-state index contributed by atoms with van der Waals surface area (Å²) in [6.45, 7) is 8.02. The Kier molecular flexibility index (Phi) is 15.6. The van der Waals surface area contributed by atoms with E-state index in [1.165, 1.54) is 7.40 Å². The maximum Gasteiger partial charge on any atom is 0.341 e. The van der Waals surface area contributed by atoms with Gasteiger partial charge in [0.15, 0.2) is 5.78 Å². The van der Waals surface area contributed by atoms with Gasteiger partial charge in [-0.3, -0.25) is 18.8 Å². The molecule has 0 bridgehead atoms. The highest BCUT2D eigenvalue weighted by Crippen LogP contribution is 2.25. The number of carbonyl (C=O) groups excluding carboxylic acids is 4. The van der Waals surface area contributed by atoms with E-state index in [4.69, 9.17) is 10.8 Å². The number of rotatable bonds is 8. The van der Waals surface area contributed by atoms with Crippen LogP contribution in [0.1, 0.15) is 57.7 Å². The second kappa shape index (κ2) is 18.4. The molecule has 0 N–H and O–H groups in total. The van der Waals surface area contributed by atoms with Crippen molar-refractivity contribution in [3.63, 3.8) is 0 Å². The monoisotopic (exact) mass is 527 g/mol. The third-order valence-corrected chi connectivity index (χ3v) is 5.16. The molecule has 3 rings (SSSR count). The number of Topliss-reactive ketones (excluding diaryl/α,β-unsaturated/α-hetero) is 2. The first-order valence-electron chi connectivity index (χ1n) is 13.0. The Morgan fingerprint density at radius 1 is 0.868 bits per heavy atom. The van der Waals surface area contributed by atoms with Gasteiger partial charge in [-0.2, -0.15) is 0 Å². The fraction of sp³-hybridized carbons (Fsp3) is 0.355. The zero-order valence-corrected chi connectivity index (χ0v) is 23.1. The zero-order valence-electron chi connectivity index (χ0n) is 24.1. The van der Waals surface area contributed by atoms with Gasteiger partial charge in [-0.25, -0.2) is 4.79 Å². The number of benzene rings is 2. The van der Waals surface area contributed by atoms with Gasteiger partial charge in [0.2, 0.25) is 0 Å². The molecule has 0 saturated heterocycles. The topological polar surface area (TPSA) is 86.7 Å². The summed E-state index contributed by atoms with van der Waals surface area (Å²) in [5, 5.41) is 0. The molecule has 0 atom stereocenters. The molecule has 0 aromatic heterocycles. The van der Waals surface area contributed by atoms with Crippen LogP contribution < -0.4 is 0 Å². The number of esters is 2. The lowest BCUT2D eigenvalue weighted by molar-refractivity contribution is -0.145. The largest absolute Gasteiger partial charge is 0.466 e. The molecule has 0 aliphatic heterocycles. The van der Waals surface area contributed by atoms with Gasteiger partial charge in [0.1, 0.15) is 17.8 Å². The molecule has 6 nitrogen and oxygen atoms in total. The second-order valence-electron chi connectivity index (χ2n) is 8.07. The minimum Gasteiger partial charge on any atom is -0.466 e. The van der Waals surface area contributed by atoms with Gasteiger partial charge in [0.05, 0.1) is 20.4 Å². The summed E-state index contributed by atoms with van der Waals surface area (Å²) >= 11 is 0. The Bertz CT molecular complexity index is 1120. The van der Waals surface area contributed by atoms with E-state index in [0.29, 0.717) is 32.2 Å². The Labute approximate surface area is 226 Å². The van der Waals surface area contributed by atoms with E-state index >= 15 is 0 Å². The average Bonchev–Trinajstić information content (AvgIpc) is 2.93. The van der Waals surface area contributed by atoms with Gasteiger partial charge in [-0.15, -0.1) is 0 Å². The molecule has 0 unspecified atom stereocenters. The number of ketones is 2. The number of halogens is 1. The molecule has 2 aromatic rings. The molecule has 1 aliphatic rings. The summed E-state index contributed by atoms with van der Waals surface area (Å²) in [6, 6.07) is 15.4. The van der Waals surface area contributed by atoms with Crippen molar-refractivity contribution in [2.45, 2.75) is 54.4 Å². The normalized spacial score (nSPS) is 11.9. The van der Waals surface area contributed by atoms with E-state index in [1.807, 2.05) is 68.5 Å². The summed E-state index contributed by atoms with van der Waals surface area (Å²) < 4.78 is 24.9. The number of ether oxygens (including phenoxy) is 2. The first kappa shape index (κ1) is 32.2. The van der Waals surface area contributed by atoms with Gasteiger partial charge in [-0.1, -0.05) is 79.2 Å². The highest BCUT2D eigenvalue weighted by atomic mass is 19.1. The molecule has 2 aromatic carbocycles. The van der Waals surface area contributed by atoms with E-state index in [-0.39, 0.29) is 30.2 Å². The van der Waals surface area contributed by atoms with Gasteiger partial charge < -0.3 is 9.47 Å². The molecule has 0 fully saturated rings. The molecule has 7 heteroatoms. The van der Waals surface area contributed by atoms with Crippen LogP contribution in [0.15, 0.2) is 66.3 Å². The number of alkyl halides is 1. The minimum absolute atomic E-state index is 0.109. The van der Waals surface area contributed by atoms with Crippen molar-refractivity contribution in [3.8, 4) is 0 Å². The lowest BCUT2D eigenvalue weighted by atomic mass is 9.91. The van der Waals surface area contributed by atoms with Crippen LogP contribution in [0.25, 0.3) is 5.57 Å². The van der Waals surface area contributed by atoms with Crippen LogP contribution in [0.3, 0.4) is 0 Å². The van der Waals surface area contributed by atoms with Crippen molar-refractivity contribution in [2.24, 2.45) is 0 Å². The Balaban J connectivity index is 0.000000665. The molecular weight excluding hydrogens is 487 g/mol. The predicted octanol–water partition coefficient (Wildman–Crippen LogP) is 6.12. The third kappa shape index (κ3) is 11.5. The smallest absolute Gasteiger partial charge is 0.341 e. The molecule has 38 heavy (non-hydrogen) atoms. The van der Waals surface area contributed by atoms with Crippen molar-refractivity contribution in [3.05, 3.63) is 88.5 Å². The highest BCUT2D eigenvalue weighted by molar-refractivity contribution is 6.37. The van der Waals surface area contributed by atoms with E-state index < -0.39 is 11.9 Å². The Hall–Kier alpha value is -3.87. The standard InChI is InChI=1S/C16H16O3.C13H16O3.CH3F.CH4/c1-3-19-16(18)14-6-4-5-13(15(14)17)12-9-7-11(2)8-10-12;1-3-16-13(15)9-12(14)8-11-6-4-10(2)5-7-11;1-2;/h5-10H,3-4H2,1-2H3;4-7H,3,8-9H2,1-2H3;1H3;1H4/i;;;1D. The number of allylic oxidation sites excluding steroid dienone is 3. The van der Waals surface area contributed by atoms with Crippen LogP contribution in [0, 0.1) is 13.8 Å². The van der Waals surface area contributed by atoms with Gasteiger partial charge >= 0.3 is 11.9 Å². The van der Waals surface area contributed by atoms with Crippen LogP contribution in [0.5, 0.6) is 0 Å². The summed E-state index contributed by atoms with van der Waals surface area (Å²) in [7, 11) is 1.75. The van der Waals surface area contributed by atoms with Crippen molar-refractivity contribution in [1.82, 2.24) is 0 Å². The first-order valence-corrected chi connectivity index (χ1v) is 12.0. The number of hydrogen-bond acceptors (Lipinski definition) is 6. The molecule has 0 saturated carbocycles. The average molecular weight is 528 g/mol. The number of hydrogen-bond donors (Lipinski definition) is 0. The van der Waals surface area contributed by atoms with E-state index in [9.17, 15) is 23.6 Å². The van der Waals surface area contributed by atoms with Crippen LogP contribution in [-0.4, -0.2) is 43.9 Å². The number of aryl methyl sites for hydroxylation is 2. The van der Waals surface area contributed by atoms with E-state index in [2.05, 4.69) is 0 Å². The number of carbonyl (C=O) groups is 4. The lowest BCUT2D eigenvalue weighted by Gasteiger charge is -2.13. The highest BCUT2D eigenvalue weighted by Gasteiger charge is 2.25. The van der Waals surface area contributed by atoms with Crippen molar-refractivity contribution < 1.29 is 34.4 Å². The van der Waals surface area contributed by atoms with E-state index in [0.717, 1.165) is 22.3 Å². The van der Waals surface area contributed by atoms with Crippen LogP contribution in [-0.2, 0) is 35.1 Å². The maximum atomic E-state index is 12.3. The van der Waals surface area contributed by atoms with Gasteiger partial charge in [-0.05, 0) is 45.2 Å².